The summed E-state index contributed by atoms with van der Waals surface area (Å²) >= 11 is 1.78. The summed E-state index contributed by atoms with van der Waals surface area (Å²) in [7, 11) is 0. The molecule has 1 aliphatic rings. The van der Waals surface area contributed by atoms with Crippen LogP contribution in [0, 0.1) is 5.82 Å². The largest absolute Gasteiger partial charge is 0.309 e. The molecule has 3 heteroatoms. The minimum atomic E-state index is -0.180. The van der Waals surface area contributed by atoms with Gasteiger partial charge in [0.25, 0.3) is 0 Å². The van der Waals surface area contributed by atoms with Crippen molar-refractivity contribution in [2.75, 3.05) is 0 Å². The van der Waals surface area contributed by atoms with Gasteiger partial charge in [0.05, 0.1) is 0 Å². The molecular weight excluding hydrogens is 233 g/mol. The Morgan fingerprint density at radius 2 is 1.88 bits per heavy atom. The Hall–Kier alpha value is -1.19. The molecule has 1 heterocycles. The topological polar surface area (TPSA) is 12.0 Å². The summed E-state index contributed by atoms with van der Waals surface area (Å²) in [6, 6.07) is 11.7. The van der Waals surface area contributed by atoms with Crippen molar-refractivity contribution in [3.63, 3.8) is 0 Å². The van der Waals surface area contributed by atoms with Gasteiger partial charge < -0.3 is 5.32 Å². The summed E-state index contributed by atoms with van der Waals surface area (Å²) in [5, 5.41) is 3.50. The van der Waals surface area contributed by atoms with E-state index in [4.69, 9.17) is 0 Å². The molecule has 0 radical (unpaired) electrons. The maximum Gasteiger partial charge on any atom is 0.123 e. The highest BCUT2D eigenvalue weighted by molar-refractivity contribution is 7.15. The molecule has 0 unspecified atom stereocenters. The zero-order chi connectivity index (χ0) is 11.7. The third-order valence-corrected chi connectivity index (χ3v) is 4.07. The molecule has 1 aromatic heterocycles. The van der Waals surface area contributed by atoms with Gasteiger partial charge in [0, 0.05) is 22.3 Å². The standard InChI is InChI=1S/C14H14FNS/c15-11-3-1-10(2-4-11)14-8-7-13(17-14)9-16-12-5-6-12/h1-4,7-8,12,16H,5-6,9H2. The number of benzene rings is 1. The molecule has 0 bridgehead atoms. The highest BCUT2D eigenvalue weighted by atomic mass is 32.1. The average molecular weight is 247 g/mol. The Kier molecular flexibility index (Phi) is 2.95. The lowest BCUT2D eigenvalue weighted by molar-refractivity contribution is 0.628. The van der Waals surface area contributed by atoms with Crippen molar-refractivity contribution < 1.29 is 4.39 Å². The zero-order valence-electron chi connectivity index (χ0n) is 9.45. The summed E-state index contributed by atoms with van der Waals surface area (Å²) in [5.74, 6) is -0.180. The molecule has 1 aliphatic carbocycles. The molecule has 0 saturated heterocycles. The molecule has 0 spiro atoms. The van der Waals surface area contributed by atoms with E-state index in [1.165, 1.54) is 34.7 Å². The molecule has 1 saturated carbocycles. The second-order valence-corrected chi connectivity index (χ2v) is 5.60. The highest BCUT2D eigenvalue weighted by Crippen LogP contribution is 2.29. The highest BCUT2D eigenvalue weighted by Gasteiger charge is 2.20. The monoisotopic (exact) mass is 247 g/mol. The molecule has 1 fully saturated rings. The summed E-state index contributed by atoms with van der Waals surface area (Å²) in [5.41, 5.74) is 1.09. The van der Waals surface area contributed by atoms with Crippen LogP contribution in [0.3, 0.4) is 0 Å². The van der Waals surface area contributed by atoms with Gasteiger partial charge in [0.2, 0.25) is 0 Å². The second kappa shape index (κ2) is 4.59. The molecule has 88 valence electrons. The Labute approximate surface area is 104 Å². The van der Waals surface area contributed by atoms with Crippen molar-refractivity contribution >= 4 is 11.3 Å². The number of nitrogens with one attached hydrogen (secondary N) is 1. The average Bonchev–Trinajstić information content (AvgIpc) is 3.06. The lowest BCUT2D eigenvalue weighted by atomic mass is 10.2. The Morgan fingerprint density at radius 3 is 2.59 bits per heavy atom. The third kappa shape index (κ3) is 2.73. The van der Waals surface area contributed by atoms with Crippen molar-refractivity contribution in [2.45, 2.75) is 25.4 Å². The predicted molar refractivity (Wildman–Crippen MR) is 69.6 cm³/mol. The maximum absolute atomic E-state index is 12.8. The molecular formula is C14H14FNS. The van der Waals surface area contributed by atoms with Gasteiger partial charge in [-0.1, -0.05) is 12.1 Å². The van der Waals surface area contributed by atoms with Crippen LogP contribution in [0.25, 0.3) is 10.4 Å². The molecule has 0 amide bonds. The summed E-state index contributed by atoms with van der Waals surface area (Å²) in [6.45, 7) is 0.955. The number of thiophene rings is 1. The van der Waals surface area contributed by atoms with Crippen LogP contribution in [-0.4, -0.2) is 6.04 Å². The van der Waals surface area contributed by atoms with Crippen molar-refractivity contribution in [1.29, 1.82) is 0 Å². The fourth-order valence-electron chi connectivity index (χ4n) is 1.77. The summed E-state index contributed by atoms with van der Waals surface area (Å²) < 4.78 is 12.8. The first kappa shape index (κ1) is 10.9. The van der Waals surface area contributed by atoms with Gasteiger partial charge in [-0.2, -0.15) is 0 Å². The molecule has 1 nitrogen and oxygen atoms in total. The normalized spacial score (nSPS) is 15.1. The molecule has 0 atom stereocenters. The van der Waals surface area contributed by atoms with E-state index in [-0.39, 0.29) is 5.82 Å². The van der Waals surface area contributed by atoms with Crippen LogP contribution in [0.1, 0.15) is 17.7 Å². The van der Waals surface area contributed by atoms with Gasteiger partial charge in [-0.25, -0.2) is 4.39 Å². The van der Waals surface area contributed by atoms with Gasteiger partial charge in [0.1, 0.15) is 5.82 Å². The van der Waals surface area contributed by atoms with Crippen LogP contribution in [-0.2, 0) is 6.54 Å². The minimum absolute atomic E-state index is 0.180. The van der Waals surface area contributed by atoms with Crippen LogP contribution in [0.4, 0.5) is 4.39 Å². The minimum Gasteiger partial charge on any atom is -0.309 e. The van der Waals surface area contributed by atoms with Crippen LogP contribution in [0.15, 0.2) is 36.4 Å². The van der Waals surface area contributed by atoms with Crippen molar-refractivity contribution in [3.05, 3.63) is 47.1 Å². The number of rotatable bonds is 4. The predicted octanol–water partition coefficient (Wildman–Crippen LogP) is 3.81. The summed E-state index contributed by atoms with van der Waals surface area (Å²) in [4.78, 5) is 2.55. The van der Waals surface area contributed by atoms with E-state index in [0.717, 1.165) is 18.2 Å². The SMILES string of the molecule is Fc1ccc(-c2ccc(CNC3CC3)s2)cc1. The van der Waals surface area contributed by atoms with Crippen LogP contribution < -0.4 is 5.32 Å². The fraction of sp³-hybridized carbons (Fsp3) is 0.286. The van der Waals surface area contributed by atoms with E-state index in [2.05, 4.69) is 17.4 Å². The van der Waals surface area contributed by atoms with Crippen LogP contribution >= 0.6 is 11.3 Å². The van der Waals surface area contributed by atoms with E-state index >= 15 is 0 Å². The van der Waals surface area contributed by atoms with E-state index in [1.54, 1.807) is 11.3 Å². The first-order chi connectivity index (χ1) is 8.31. The lowest BCUT2D eigenvalue weighted by Gasteiger charge is -1.99. The lowest BCUT2D eigenvalue weighted by Crippen LogP contribution is -2.14. The van der Waals surface area contributed by atoms with E-state index in [9.17, 15) is 4.39 Å². The molecule has 3 rings (SSSR count). The molecule has 1 N–H and O–H groups in total. The molecule has 2 aromatic rings. The fourth-order valence-corrected chi connectivity index (χ4v) is 2.74. The van der Waals surface area contributed by atoms with Crippen LogP contribution in [0.2, 0.25) is 0 Å². The molecule has 17 heavy (non-hydrogen) atoms. The first-order valence-corrected chi connectivity index (χ1v) is 6.71. The Balaban J connectivity index is 1.72. The number of hydrogen-bond acceptors (Lipinski definition) is 2. The van der Waals surface area contributed by atoms with Gasteiger partial charge in [-0.05, 0) is 42.7 Å². The van der Waals surface area contributed by atoms with E-state index in [1.807, 2.05) is 12.1 Å². The smallest absolute Gasteiger partial charge is 0.123 e. The van der Waals surface area contributed by atoms with Crippen molar-refractivity contribution in [2.24, 2.45) is 0 Å². The first-order valence-electron chi connectivity index (χ1n) is 5.89. The van der Waals surface area contributed by atoms with Crippen molar-refractivity contribution in [3.8, 4) is 10.4 Å². The molecule has 0 aliphatic heterocycles. The molecule has 1 aromatic carbocycles. The van der Waals surface area contributed by atoms with E-state index < -0.39 is 0 Å². The maximum atomic E-state index is 12.8. The summed E-state index contributed by atoms with van der Waals surface area (Å²) in [6.07, 6.45) is 2.63. The Bertz CT molecular complexity index is 499. The van der Waals surface area contributed by atoms with Crippen LogP contribution in [0.5, 0.6) is 0 Å². The van der Waals surface area contributed by atoms with Gasteiger partial charge in [-0.3, -0.25) is 0 Å². The van der Waals surface area contributed by atoms with E-state index in [0.29, 0.717) is 0 Å². The van der Waals surface area contributed by atoms with Gasteiger partial charge in [0.15, 0.2) is 0 Å². The number of hydrogen-bond donors (Lipinski definition) is 1. The number of halogens is 1. The van der Waals surface area contributed by atoms with Crippen molar-refractivity contribution in [1.82, 2.24) is 5.32 Å². The quantitative estimate of drug-likeness (QED) is 0.866. The zero-order valence-corrected chi connectivity index (χ0v) is 10.3. The third-order valence-electron chi connectivity index (χ3n) is 2.93. The second-order valence-electron chi connectivity index (χ2n) is 4.43. The Morgan fingerprint density at radius 1 is 1.12 bits per heavy atom. The van der Waals surface area contributed by atoms with Gasteiger partial charge >= 0.3 is 0 Å². The van der Waals surface area contributed by atoms with Gasteiger partial charge in [-0.15, -0.1) is 11.3 Å².